The molecular formula is C13H9ClN4O. The first kappa shape index (κ1) is 11.7. The molecule has 0 aliphatic carbocycles. The van der Waals surface area contributed by atoms with Crippen LogP contribution in [0.2, 0.25) is 5.02 Å². The third kappa shape index (κ3) is 2.04. The first-order valence-electron chi connectivity index (χ1n) is 5.58. The Kier molecular flexibility index (Phi) is 2.89. The molecule has 1 aromatic carbocycles. The number of H-pyrrole nitrogens is 1. The van der Waals surface area contributed by atoms with Crippen LogP contribution in [0.1, 0.15) is 15.9 Å². The molecule has 1 N–H and O–H groups in total. The van der Waals surface area contributed by atoms with Crippen LogP contribution in [0.5, 0.6) is 0 Å². The number of imidazole rings is 1. The van der Waals surface area contributed by atoms with E-state index in [4.69, 9.17) is 11.6 Å². The summed E-state index contributed by atoms with van der Waals surface area (Å²) in [7, 11) is 0. The highest BCUT2D eigenvalue weighted by Crippen LogP contribution is 2.21. The van der Waals surface area contributed by atoms with Crippen LogP contribution in [-0.2, 0) is 0 Å². The number of aromatic nitrogens is 4. The minimum Gasteiger partial charge on any atom is -0.290 e. The van der Waals surface area contributed by atoms with E-state index >= 15 is 0 Å². The number of aromatic amines is 1. The summed E-state index contributed by atoms with van der Waals surface area (Å²) in [5, 5.41) is 7.13. The standard InChI is InChI=1S/C13H9ClN4O/c14-11-4-2-1-3-9(11)12(19)10-7-16-17-13(10)18-6-5-15-8-18/h1-8H,(H,16,17). The highest BCUT2D eigenvalue weighted by molar-refractivity contribution is 6.35. The van der Waals surface area contributed by atoms with E-state index in [1.807, 2.05) is 0 Å². The lowest BCUT2D eigenvalue weighted by molar-refractivity contribution is 0.103. The van der Waals surface area contributed by atoms with Crippen molar-refractivity contribution in [3.63, 3.8) is 0 Å². The molecule has 0 unspecified atom stereocenters. The van der Waals surface area contributed by atoms with Crippen LogP contribution in [-0.4, -0.2) is 25.5 Å². The molecule has 0 aliphatic rings. The molecular weight excluding hydrogens is 264 g/mol. The summed E-state index contributed by atoms with van der Waals surface area (Å²) in [5.41, 5.74) is 0.901. The second kappa shape index (κ2) is 4.70. The smallest absolute Gasteiger partial charge is 0.199 e. The number of hydrogen-bond donors (Lipinski definition) is 1. The maximum Gasteiger partial charge on any atom is 0.199 e. The molecule has 94 valence electrons. The molecule has 5 nitrogen and oxygen atoms in total. The van der Waals surface area contributed by atoms with Gasteiger partial charge in [0, 0.05) is 18.0 Å². The van der Waals surface area contributed by atoms with Crippen LogP contribution in [0.4, 0.5) is 0 Å². The van der Waals surface area contributed by atoms with Gasteiger partial charge in [-0.3, -0.25) is 14.5 Å². The molecule has 0 bridgehead atoms. The molecule has 2 heterocycles. The molecule has 0 atom stereocenters. The first-order valence-corrected chi connectivity index (χ1v) is 5.96. The monoisotopic (exact) mass is 272 g/mol. The molecule has 3 aromatic rings. The lowest BCUT2D eigenvalue weighted by atomic mass is 10.1. The molecule has 0 radical (unpaired) electrons. The SMILES string of the molecule is O=C(c1ccccc1Cl)c1cn[nH]c1-n1ccnc1. The van der Waals surface area contributed by atoms with Crippen LogP contribution >= 0.6 is 11.6 Å². The number of rotatable bonds is 3. The fraction of sp³-hybridized carbons (Fsp3) is 0. The van der Waals surface area contributed by atoms with Gasteiger partial charge in [-0.05, 0) is 12.1 Å². The Morgan fingerprint density at radius 2 is 2.11 bits per heavy atom. The zero-order chi connectivity index (χ0) is 13.2. The minimum absolute atomic E-state index is 0.178. The third-order valence-corrected chi connectivity index (χ3v) is 3.07. The Labute approximate surface area is 113 Å². The van der Waals surface area contributed by atoms with Gasteiger partial charge in [0.2, 0.25) is 0 Å². The predicted molar refractivity (Wildman–Crippen MR) is 70.6 cm³/mol. The molecule has 0 saturated heterocycles. The Hall–Kier alpha value is -2.40. The molecule has 6 heteroatoms. The quantitative estimate of drug-likeness (QED) is 0.745. The van der Waals surface area contributed by atoms with Crippen molar-refractivity contribution >= 4 is 17.4 Å². The number of nitrogens with one attached hydrogen (secondary N) is 1. The lowest BCUT2D eigenvalue weighted by Gasteiger charge is -2.04. The van der Waals surface area contributed by atoms with Crippen LogP contribution < -0.4 is 0 Å². The maximum absolute atomic E-state index is 12.5. The highest BCUT2D eigenvalue weighted by Gasteiger charge is 2.18. The average Bonchev–Trinajstić information content (AvgIpc) is 3.09. The van der Waals surface area contributed by atoms with Gasteiger partial charge < -0.3 is 0 Å². The number of nitrogens with zero attached hydrogens (tertiary/aromatic N) is 3. The minimum atomic E-state index is -0.178. The van der Waals surface area contributed by atoms with Gasteiger partial charge in [-0.1, -0.05) is 23.7 Å². The zero-order valence-electron chi connectivity index (χ0n) is 9.75. The fourth-order valence-corrected chi connectivity index (χ4v) is 2.05. The van der Waals surface area contributed by atoms with Gasteiger partial charge in [0.1, 0.15) is 12.1 Å². The molecule has 0 aliphatic heterocycles. The van der Waals surface area contributed by atoms with Gasteiger partial charge in [0.05, 0.1) is 16.8 Å². The van der Waals surface area contributed by atoms with Gasteiger partial charge in [-0.25, -0.2) is 4.98 Å². The Bertz CT molecular complexity index is 718. The zero-order valence-corrected chi connectivity index (χ0v) is 10.5. The molecule has 0 spiro atoms. The van der Waals surface area contributed by atoms with E-state index in [9.17, 15) is 4.79 Å². The van der Waals surface area contributed by atoms with E-state index in [0.717, 1.165) is 0 Å². The summed E-state index contributed by atoms with van der Waals surface area (Å²) in [6.45, 7) is 0. The van der Waals surface area contributed by atoms with Crippen LogP contribution in [0.3, 0.4) is 0 Å². The van der Waals surface area contributed by atoms with Gasteiger partial charge >= 0.3 is 0 Å². The van der Waals surface area contributed by atoms with Crippen molar-refractivity contribution in [1.29, 1.82) is 0 Å². The van der Waals surface area contributed by atoms with Crippen molar-refractivity contribution in [3.05, 3.63) is 65.3 Å². The van der Waals surface area contributed by atoms with Crippen molar-refractivity contribution in [2.75, 3.05) is 0 Å². The lowest BCUT2D eigenvalue weighted by Crippen LogP contribution is -2.05. The largest absolute Gasteiger partial charge is 0.290 e. The summed E-state index contributed by atoms with van der Waals surface area (Å²) < 4.78 is 1.69. The van der Waals surface area contributed by atoms with E-state index in [-0.39, 0.29) is 5.78 Å². The van der Waals surface area contributed by atoms with E-state index in [2.05, 4.69) is 15.2 Å². The van der Waals surface area contributed by atoms with Gasteiger partial charge in [-0.15, -0.1) is 0 Å². The van der Waals surface area contributed by atoms with E-state index in [1.165, 1.54) is 6.20 Å². The average molecular weight is 273 g/mol. The van der Waals surface area contributed by atoms with Crippen molar-refractivity contribution < 1.29 is 4.79 Å². The second-order valence-corrected chi connectivity index (χ2v) is 4.32. The van der Waals surface area contributed by atoms with E-state index < -0.39 is 0 Å². The van der Waals surface area contributed by atoms with Gasteiger partial charge in [-0.2, -0.15) is 5.10 Å². The van der Waals surface area contributed by atoms with Crippen molar-refractivity contribution in [1.82, 2.24) is 19.7 Å². The topological polar surface area (TPSA) is 63.6 Å². The number of halogens is 1. The maximum atomic E-state index is 12.5. The predicted octanol–water partition coefficient (Wildman–Crippen LogP) is 2.48. The summed E-state index contributed by atoms with van der Waals surface area (Å²) >= 11 is 6.04. The molecule has 0 fully saturated rings. The van der Waals surface area contributed by atoms with E-state index in [1.54, 1.807) is 47.6 Å². The Balaban J connectivity index is 2.07. The molecule has 2 aromatic heterocycles. The summed E-state index contributed by atoms with van der Waals surface area (Å²) in [6.07, 6.45) is 6.44. The highest BCUT2D eigenvalue weighted by atomic mass is 35.5. The summed E-state index contributed by atoms with van der Waals surface area (Å²) in [5.74, 6) is 0.394. The molecule has 0 saturated carbocycles. The van der Waals surface area contributed by atoms with Crippen LogP contribution in [0.15, 0.2) is 49.2 Å². The third-order valence-electron chi connectivity index (χ3n) is 2.74. The second-order valence-electron chi connectivity index (χ2n) is 3.91. The fourth-order valence-electron chi connectivity index (χ4n) is 1.82. The number of carbonyl (C=O) groups excluding carboxylic acids is 1. The molecule has 3 rings (SSSR count). The van der Waals surface area contributed by atoms with Crippen molar-refractivity contribution in [2.24, 2.45) is 0 Å². The summed E-state index contributed by atoms with van der Waals surface area (Å²) in [4.78, 5) is 16.4. The first-order chi connectivity index (χ1) is 9.27. The van der Waals surface area contributed by atoms with Crippen molar-refractivity contribution in [2.45, 2.75) is 0 Å². The van der Waals surface area contributed by atoms with Gasteiger partial charge in [0.15, 0.2) is 5.78 Å². The number of ketones is 1. The normalized spacial score (nSPS) is 10.6. The Morgan fingerprint density at radius 1 is 1.26 bits per heavy atom. The molecule has 19 heavy (non-hydrogen) atoms. The number of benzene rings is 1. The Morgan fingerprint density at radius 3 is 2.84 bits per heavy atom. The number of hydrogen-bond acceptors (Lipinski definition) is 3. The van der Waals surface area contributed by atoms with Crippen LogP contribution in [0.25, 0.3) is 5.82 Å². The van der Waals surface area contributed by atoms with Crippen molar-refractivity contribution in [3.8, 4) is 5.82 Å². The number of carbonyl (C=O) groups is 1. The molecule has 0 amide bonds. The van der Waals surface area contributed by atoms with Gasteiger partial charge in [0.25, 0.3) is 0 Å². The van der Waals surface area contributed by atoms with Crippen LogP contribution in [0, 0.1) is 0 Å². The summed E-state index contributed by atoms with van der Waals surface area (Å²) in [6, 6.07) is 6.93. The van der Waals surface area contributed by atoms with E-state index in [0.29, 0.717) is 22.0 Å².